The van der Waals surface area contributed by atoms with E-state index in [9.17, 15) is 9.59 Å². The van der Waals surface area contributed by atoms with Crippen LogP contribution in [0, 0.1) is 0 Å². The van der Waals surface area contributed by atoms with Gasteiger partial charge >= 0.3 is 6.03 Å². The molecule has 0 saturated carbocycles. The molecule has 2 aliphatic rings. The van der Waals surface area contributed by atoms with Crippen molar-refractivity contribution in [3.63, 3.8) is 0 Å². The summed E-state index contributed by atoms with van der Waals surface area (Å²) in [5.74, 6) is -0.0163. The van der Waals surface area contributed by atoms with Gasteiger partial charge in [-0.05, 0) is 40.0 Å². The fourth-order valence-corrected chi connectivity index (χ4v) is 3.76. The SMILES string of the molecule is CCC(C)N1CCC2(CC1)C(=O)N(C(C)C)C(=O)N2CCOC. The van der Waals surface area contributed by atoms with Gasteiger partial charge in [-0.25, -0.2) is 4.79 Å². The molecular formula is C17H31N3O3. The molecule has 2 fully saturated rings. The summed E-state index contributed by atoms with van der Waals surface area (Å²) >= 11 is 0. The van der Waals surface area contributed by atoms with Crippen molar-refractivity contribution in [1.29, 1.82) is 0 Å². The number of carbonyl (C=O) groups is 2. The van der Waals surface area contributed by atoms with E-state index in [1.165, 1.54) is 4.90 Å². The summed E-state index contributed by atoms with van der Waals surface area (Å²) < 4.78 is 5.16. The maximum absolute atomic E-state index is 13.1. The lowest BCUT2D eigenvalue weighted by Crippen LogP contribution is -2.58. The van der Waals surface area contributed by atoms with Gasteiger partial charge in [-0.3, -0.25) is 9.69 Å². The number of likely N-dealkylation sites (tertiary alicyclic amines) is 1. The minimum Gasteiger partial charge on any atom is -0.383 e. The number of carbonyl (C=O) groups excluding carboxylic acids is 2. The van der Waals surface area contributed by atoms with E-state index in [1.54, 1.807) is 12.0 Å². The highest BCUT2D eigenvalue weighted by molar-refractivity contribution is 6.07. The van der Waals surface area contributed by atoms with Crippen LogP contribution in [0.4, 0.5) is 4.79 Å². The molecule has 2 rings (SSSR count). The van der Waals surface area contributed by atoms with Gasteiger partial charge in [0, 0.05) is 38.8 Å². The fraction of sp³-hybridized carbons (Fsp3) is 0.882. The van der Waals surface area contributed by atoms with Crippen molar-refractivity contribution in [2.75, 3.05) is 33.4 Å². The average Bonchev–Trinajstić information content (AvgIpc) is 2.73. The number of piperidine rings is 1. The van der Waals surface area contributed by atoms with E-state index in [0.29, 0.717) is 19.2 Å². The van der Waals surface area contributed by atoms with Gasteiger partial charge in [-0.2, -0.15) is 0 Å². The summed E-state index contributed by atoms with van der Waals surface area (Å²) in [4.78, 5) is 31.5. The standard InChI is InChI=1S/C17H31N3O3/c1-6-14(4)18-9-7-17(8-10-18)15(21)20(13(2)3)16(22)19(17)11-12-23-5/h13-14H,6-12H2,1-5H3. The van der Waals surface area contributed by atoms with Crippen LogP contribution in [0.5, 0.6) is 0 Å². The molecule has 0 aromatic carbocycles. The Bertz CT molecular complexity index is 444. The smallest absolute Gasteiger partial charge is 0.327 e. The van der Waals surface area contributed by atoms with E-state index >= 15 is 0 Å². The van der Waals surface area contributed by atoms with Crippen LogP contribution in [0.2, 0.25) is 0 Å². The van der Waals surface area contributed by atoms with E-state index in [4.69, 9.17) is 4.74 Å². The van der Waals surface area contributed by atoms with Crippen molar-refractivity contribution in [3.8, 4) is 0 Å². The Kier molecular flexibility index (Phi) is 5.68. The van der Waals surface area contributed by atoms with Crippen LogP contribution in [0.3, 0.4) is 0 Å². The van der Waals surface area contributed by atoms with Crippen LogP contribution in [0.1, 0.15) is 47.0 Å². The number of rotatable bonds is 6. The lowest BCUT2D eigenvalue weighted by molar-refractivity contribution is -0.137. The second kappa shape index (κ2) is 7.18. The van der Waals surface area contributed by atoms with Crippen LogP contribution >= 0.6 is 0 Å². The number of urea groups is 1. The van der Waals surface area contributed by atoms with Crippen molar-refractivity contribution in [2.45, 2.75) is 64.6 Å². The Morgan fingerprint density at radius 3 is 2.26 bits per heavy atom. The van der Waals surface area contributed by atoms with Crippen LogP contribution in [0.25, 0.3) is 0 Å². The molecule has 0 aromatic rings. The molecule has 23 heavy (non-hydrogen) atoms. The van der Waals surface area contributed by atoms with Gasteiger partial charge in [0.05, 0.1) is 6.61 Å². The second-order valence-electron chi connectivity index (χ2n) is 7.02. The topological polar surface area (TPSA) is 53.1 Å². The molecule has 2 saturated heterocycles. The van der Waals surface area contributed by atoms with E-state index < -0.39 is 5.54 Å². The van der Waals surface area contributed by atoms with Gasteiger partial charge in [-0.15, -0.1) is 0 Å². The number of methoxy groups -OCH3 is 1. The molecule has 0 aliphatic carbocycles. The summed E-state index contributed by atoms with van der Waals surface area (Å²) in [6, 6.07) is 0.263. The minimum absolute atomic E-state index is 0.0163. The molecular weight excluding hydrogens is 294 g/mol. The molecule has 6 nitrogen and oxygen atoms in total. The Labute approximate surface area is 139 Å². The number of imide groups is 1. The number of amides is 3. The Balaban J connectivity index is 2.23. The fourth-order valence-electron chi connectivity index (χ4n) is 3.76. The minimum atomic E-state index is -0.663. The largest absolute Gasteiger partial charge is 0.383 e. The van der Waals surface area contributed by atoms with Crippen molar-refractivity contribution < 1.29 is 14.3 Å². The summed E-state index contributed by atoms with van der Waals surface area (Å²) in [5, 5.41) is 0. The monoisotopic (exact) mass is 325 g/mol. The van der Waals surface area contributed by atoms with Crippen molar-refractivity contribution in [2.24, 2.45) is 0 Å². The Morgan fingerprint density at radius 2 is 1.78 bits per heavy atom. The zero-order chi connectivity index (χ0) is 17.2. The van der Waals surface area contributed by atoms with Crippen LogP contribution < -0.4 is 0 Å². The molecule has 2 aliphatic heterocycles. The number of hydrogen-bond donors (Lipinski definition) is 0. The predicted molar refractivity (Wildman–Crippen MR) is 89.3 cm³/mol. The molecule has 1 spiro atoms. The van der Waals surface area contributed by atoms with Crippen molar-refractivity contribution >= 4 is 11.9 Å². The summed E-state index contributed by atoms with van der Waals surface area (Å²) in [6.45, 7) is 10.9. The van der Waals surface area contributed by atoms with E-state index in [2.05, 4.69) is 18.7 Å². The van der Waals surface area contributed by atoms with Gasteiger partial charge in [0.1, 0.15) is 5.54 Å². The number of ether oxygens (including phenoxy) is 1. The number of nitrogens with zero attached hydrogens (tertiary/aromatic N) is 3. The molecule has 132 valence electrons. The van der Waals surface area contributed by atoms with E-state index in [0.717, 1.165) is 32.4 Å². The third kappa shape index (κ3) is 3.11. The molecule has 0 radical (unpaired) electrons. The van der Waals surface area contributed by atoms with E-state index in [1.807, 2.05) is 13.8 Å². The molecule has 2 heterocycles. The van der Waals surface area contributed by atoms with Crippen molar-refractivity contribution in [1.82, 2.24) is 14.7 Å². The third-order valence-corrected chi connectivity index (χ3v) is 5.45. The maximum atomic E-state index is 13.1. The first-order chi connectivity index (χ1) is 10.9. The molecule has 1 unspecified atom stereocenters. The first-order valence-electron chi connectivity index (χ1n) is 8.77. The van der Waals surface area contributed by atoms with Gasteiger partial charge < -0.3 is 14.5 Å². The Morgan fingerprint density at radius 1 is 1.17 bits per heavy atom. The molecule has 1 atom stereocenters. The number of hydrogen-bond acceptors (Lipinski definition) is 4. The third-order valence-electron chi connectivity index (χ3n) is 5.45. The lowest BCUT2D eigenvalue weighted by atomic mass is 9.85. The molecule has 0 N–H and O–H groups in total. The van der Waals surface area contributed by atoms with Crippen LogP contribution in [-0.2, 0) is 9.53 Å². The molecule has 3 amide bonds. The first kappa shape index (κ1) is 18.2. The van der Waals surface area contributed by atoms with Gasteiger partial charge in [-0.1, -0.05) is 6.92 Å². The predicted octanol–water partition coefficient (Wildman–Crippen LogP) is 1.94. The van der Waals surface area contributed by atoms with Crippen LogP contribution in [-0.4, -0.2) is 77.6 Å². The maximum Gasteiger partial charge on any atom is 0.327 e. The zero-order valence-corrected chi connectivity index (χ0v) is 15.2. The zero-order valence-electron chi connectivity index (χ0n) is 15.2. The van der Waals surface area contributed by atoms with Gasteiger partial charge in [0.15, 0.2) is 0 Å². The molecule has 0 aromatic heterocycles. The summed E-state index contributed by atoms with van der Waals surface area (Å²) in [6.07, 6.45) is 2.54. The van der Waals surface area contributed by atoms with E-state index in [-0.39, 0.29) is 18.0 Å². The quantitative estimate of drug-likeness (QED) is 0.700. The highest BCUT2D eigenvalue weighted by atomic mass is 16.5. The van der Waals surface area contributed by atoms with Gasteiger partial charge in [0.2, 0.25) is 0 Å². The normalized spacial score (nSPS) is 23.4. The molecule has 6 heteroatoms. The first-order valence-corrected chi connectivity index (χ1v) is 8.77. The van der Waals surface area contributed by atoms with Crippen LogP contribution in [0.15, 0.2) is 0 Å². The highest BCUT2D eigenvalue weighted by Crippen LogP contribution is 2.38. The summed E-state index contributed by atoms with van der Waals surface area (Å²) in [7, 11) is 1.63. The van der Waals surface area contributed by atoms with Crippen molar-refractivity contribution in [3.05, 3.63) is 0 Å². The average molecular weight is 325 g/mol. The highest BCUT2D eigenvalue weighted by Gasteiger charge is 2.58. The Hall–Kier alpha value is -1.14. The lowest BCUT2D eigenvalue weighted by Gasteiger charge is -2.43. The molecule has 0 bridgehead atoms. The second-order valence-corrected chi connectivity index (χ2v) is 7.02. The summed E-state index contributed by atoms with van der Waals surface area (Å²) in [5.41, 5.74) is -0.663. The van der Waals surface area contributed by atoms with Gasteiger partial charge in [0.25, 0.3) is 5.91 Å².